The number of benzene rings is 4. The third-order valence-electron chi connectivity index (χ3n) is 9.94. The molecule has 0 bridgehead atoms. The number of morpholine rings is 2. The van der Waals surface area contributed by atoms with Gasteiger partial charge in [0.1, 0.15) is 11.5 Å². The van der Waals surface area contributed by atoms with Crippen molar-refractivity contribution in [2.75, 3.05) is 78.6 Å². The second-order valence-corrected chi connectivity index (χ2v) is 15.6. The van der Waals surface area contributed by atoms with Crippen LogP contribution in [-0.2, 0) is 15.7 Å². The van der Waals surface area contributed by atoms with Gasteiger partial charge < -0.3 is 34.8 Å². The van der Waals surface area contributed by atoms with Gasteiger partial charge in [0.15, 0.2) is 29.6 Å². The fourth-order valence-corrected chi connectivity index (χ4v) is 6.97. The number of hydrogen-bond acceptors (Lipinski definition) is 16. The van der Waals surface area contributed by atoms with Crippen molar-refractivity contribution >= 4 is 70.8 Å². The quantitative estimate of drug-likeness (QED) is 0.0251. The number of alkyl halides is 3. The molecule has 2 saturated heterocycles. The fourth-order valence-electron chi connectivity index (χ4n) is 6.52. The van der Waals surface area contributed by atoms with Crippen LogP contribution in [0.5, 0.6) is 11.5 Å². The summed E-state index contributed by atoms with van der Waals surface area (Å²) >= 11 is 11.9. The van der Waals surface area contributed by atoms with Crippen LogP contribution in [0.1, 0.15) is 37.4 Å². The number of aromatic nitrogens is 4. The van der Waals surface area contributed by atoms with Crippen LogP contribution >= 0.6 is 23.2 Å². The molecule has 0 aliphatic carbocycles. The molecule has 2 aromatic heterocycles. The molecule has 0 spiro atoms. The Balaban J connectivity index is 0.000000200. The number of aldehydes is 1. The van der Waals surface area contributed by atoms with E-state index < -0.39 is 35.0 Å². The summed E-state index contributed by atoms with van der Waals surface area (Å²) in [6.45, 7) is 6.17. The highest BCUT2D eigenvalue weighted by Crippen LogP contribution is 2.34. The Hall–Kier alpha value is -7.24. The summed E-state index contributed by atoms with van der Waals surface area (Å²) in [4.78, 5) is 42.5. The van der Waals surface area contributed by atoms with Gasteiger partial charge in [-0.25, -0.2) is 30.0 Å². The molecular weight excluding hydrogens is 956 g/mol. The number of phenolic OH excluding ortho intramolecular Hbond substituents is 2. The number of ether oxygens (including phenoxy) is 2. The molecule has 6 aromatic rings. The zero-order valence-electron chi connectivity index (χ0n) is 36.3. The number of aryl methyl sites for hydroxylation is 1. The number of anilines is 5. The van der Waals surface area contributed by atoms with Crippen LogP contribution in [-0.4, -0.2) is 101 Å². The van der Waals surface area contributed by atoms with E-state index >= 15 is 0 Å². The average Bonchev–Trinajstić information content (AvgIpc) is 3.35. The van der Waals surface area contributed by atoms with Crippen LogP contribution in [0.2, 0.25) is 10.0 Å². The minimum atomic E-state index is -4.57. The van der Waals surface area contributed by atoms with E-state index in [1.54, 1.807) is 21.9 Å². The van der Waals surface area contributed by atoms with Crippen LogP contribution in [0.15, 0.2) is 90.3 Å². The van der Waals surface area contributed by atoms with Crippen LogP contribution < -0.4 is 31.8 Å². The Morgan fingerprint density at radius 1 is 0.783 bits per heavy atom. The van der Waals surface area contributed by atoms with Gasteiger partial charge in [-0.3, -0.25) is 15.0 Å². The Morgan fingerprint density at radius 3 is 1.96 bits per heavy atom. The van der Waals surface area contributed by atoms with Gasteiger partial charge in [0.05, 0.1) is 66.2 Å². The predicted octanol–water partition coefficient (Wildman–Crippen LogP) is 8.10. The van der Waals surface area contributed by atoms with Crippen molar-refractivity contribution < 1.29 is 51.2 Å². The first-order chi connectivity index (χ1) is 33.0. The van der Waals surface area contributed by atoms with Gasteiger partial charge in [0, 0.05) is 43.0 Å². The topological polar surface area (TPSA) is 226 Å². The Kier molecular flexibility index (Phi) is 17.5. The number of amides is 1. The number of nitrogens with two attached hydrogens (primary N) is 1. The number of carbonyl (C=O) groups excluding carboxylic acids is 2. The minimum Gasteiger partial charge on any atom is -0.506 e. The van der Waals surface area contributed by atoms with Crippen LogP contribution in [0.4, 0.5) is 51.2 Å². The first-order valence-corrected chi connectivity index (χ1v) is 21.3. The number of hydrogen-bond donors (Lipinski definition) is 6. The monoisotopic (exact) mass is 997 g/mol. The maximum absolute atomic E-state index is 14.2. The van der Waals surface area contributed by atoms with Gasteiger partial charge in [0.2, 0.25) is 11.9 Å². The summed E-state index contributed by atoms with van der Waals surface area (Å²) in [5.41, 5.74) is 6.89. The molecule has 2 aliphatic rings. The van der Waals surface area contributed by atoms with Gasteiger partial charge in [0.25, 0.3) is 5.91 Å². The molecule has 0 saturated carbocycles. The van der Waals surface area contributed by atoms with E-state index in [0.29, 0.717) is 58.9 Å². The number of aromatic hydroxyl groups is 2. The number of nitrogens with one attached hydrogen (secondary N) is 3. The van der Waals surface area contributed by atoms with Gasteiger partial charge in [-0.2, -0.15) is 28.2 Å². The number of hydrazone groups is 1. The lowest BCUT2D eigenvalue weighted by molar-refractivity contribution is -0.137. The van der Waals surface area contributed by atoms with Crippen molar-refractivity contribution in [1.29, 1.82) is 0 Å². The fraction of sp³-hybridized carbons (Fsp3) is 0.222. The lowest BCUT2D eigenvalue weighted by Crippen LogP contribution is -2.37. The number of nitrogens with zero attached hydrogens (tertiary/aromatic N) is 7. The van der Waals surface area contributed by atoms with Crippen LogP contribution in [0.25, 0.3) is 11.1 Å². The standard InChI is InChI=1S/C23H19ClF4N6O3.C14H11ClO2.C8H12FN5O/c24-17-9-13(21(36)31-16-3-1-2-15(10-16)23(26,27)28)8-14(19(17)35)11-30-33-22-29-12-18(25)20(32-22)34-4-6-37-7-5-34;1-9-3-2-4-10(5-9)11-6-12(8-16)14(17)13(15)7-11;9-6-5-11-8(13-10)12-7(6)14-1-3-15-4-2-14/h1-3,8-12,35H,4-7H2,(H,31,36)(H,29,32,33);2-8,17H,1H3;5H,1-4,10H2,(H,11,12,13)/b30-11-;;. The minimum absolute atomic E-state index is 0.0182. The molecule has 7 N–H and O–H groups in total. The van der Waals surface area contributed by atoms with Crippen LogP contribution in [0.3, 0.4) is 0 Å². The maximum Gasteiger partial charge on any atom is 0.416 e. The molecule has 4 aromatic carbocycles. The lowest BCUT2D eigenvalue weighted by atomic mass is 10.0. The Bertz CT molecular complexity index is 2800. The number of rotatable bonds is 10. The average molecular weight is 999 g/mol. The number of halogens is 7. The largest absolute Gasteiger partial charge is 0.506 e. The zero-order valence-corrected chi connectivity index (χ0v) is 37.8. The zero-order chi connectivity index (χ0) is 49.7. The van der Waals surface area contributed by atoms with E-state index in [9.17, 15) is 41.8 Å². The maximum atomic E-state index is 14.2. The summed E-state index contributed by atoms with van der Waals surface area (Å²) in [7, 11) is 0. The van der Waals surface area contributed by atoms with Gasteiger partial charge in [-0.05, 0) is 60.5 Å². The molecule has 24 heteroatoms. The van der Waals surface area contributed by atoms with E-state index in [1.165, 1.54) is 12.1 Å². The van der Waals surface area contributed by atoms with Gasteiger partial charge in [-0.1, -0.05) is 59.1 Å². The third kappa shape index (κ3) is 13.9. The molecule has 17 nitrogen and oxygen atoms in total. The third-order valence-corrected chi connectivity index (χ3v) is 10.5. The number of phenols is 2. The molecule has 0 unspecified atom stereocenters. The van der Waals surface area contributed by atoms with E-state index in [0.717, 1.165) is 59.6 Å². The molecule has 2 aliphatic heterocycles. The number of nitrogen functional groups attached to an aromatic ring is 1. The molecule has 1 amide bonds. The Labute approximate surface area is 400 Å². The summed E-state index contributed by atoms with van der Waals surface area (Å²) < 4.78 is 76.8. The number of hydrazine groups is 1. The predicted molar refractivity (Wildman–Crippen MR) is 250 cm³/mol. The molecular formula is C45H42Cl2F5N11O6. The first kappa shape index (κ1) is 51.2. The van der Waals surface area contributed by atoms with E-state index in [2.05, 4.69) is 41.2 Å². The van der Waals surface area contributed by atoms with Crippen molar-refractivity contribution in [1.82, 2.24) is 19.9 Å². The molecule has 2 fully saturated rings. The smallest absolute Gasteiger partial charge is 0.416 e. The van der Waals surface area contributed by atoms with Crippen molar-refractivity contribution in [3.05, 3.63) is 135 Å². The second-order valence-electron chi connectivity index (χ2n) is 14.8. The molecule has 4 heterocycles. The summed E-state index contributed by atoms with van der Waals surface area (Å²) in [6.07, 6.45) is -0.754. The van der Waals surface area contributed by atoms with Crippen molar-refractivity contribution in [2.24, 2.45) is 10.9 Å². The highest BCUT2D eigenvalue weighted by molar-refractivity contribution is 6.33. The number of carbonyl (C=O) groups is 2. The Morgan fingerprint density at radius 2 is 1.36 bits per heavy atom. The highest BCUT2D eigenvalue weighted by Gasteiger charge is 2.30. The summed E-state index contributed by atoms with van der Waals surface area (Å²) in [5, 5.41) is 26.1. The van der Waals surface area contributed by atoms with E-state index in [1.807, 2.05) is 31.2 Å². The van der Waals surface area contributed by atoms with E-state index in [4.69, 9.17) is 38.5 Å². The highest BCUT2D eigenvalue weighted by atomic mass is 35.5. The molecule has 69 heavy (non-hydrogen) atoms. The van der Waals surface area contributed by atoms with Crippen molar-refractivity contribution in [3.8, 4) is 22.6 Å². The van der Waals surface area contributed by atoms with Gasteiger partial charge >= 0.3 is 6.18 Å². The van der Waals surface area contributed by atoms with E-state index in [-0.39, 0.29) is 61.7 Å². The molecule has 0 atom stereocenters. The first-order valence-electron chi connectivity index (χ1n) is 20.6. The summed E-state index contributed by atoms with van der Waals surface area (Å²) in [6, 6.07) is 17.7. The van der Waals surface area contributed by atoms with Crippen molar-refractivity contribution in [2.45, 2.75) is 13.1 Å². The SMILES string of the molecule is Cc1cccc(-c2cc(Cl)c(O)c(C=O)c2)c1.NNc1ncc(F)c(N2CCOCC2)n1.O=C(Nc1cccc(C(F)(F)F)c1)c1cc(Cl)c(O)c(/C=N\Nc2ncc(F)c(N3CCOCC3)n2)c1. The van der Waals surface area contributed by atoms with Crippen LogP contribution in [0, 0.1) is 18.6 Å². The molecule has 8 rings (SSSR count). The molecule has 0 radical (unpaired) electrons. The summed E-state index contributed by atoms with van der Waals surface area (Å²) in [5.74, 6) is 3.30. The normalized spacial score (nSPS) is 13.7. The molecule has 362 valence electrons. The lowest BCUT2D eigenvalue weighted by Gasteiger charge is -2.27. The second kappa shape index (κ2) is 23.7. The van der Waals surface area contributed by atoms with Crippen molar-refractivity contribution in [3.63, 3.8) is 0 Å². The van der Waals surface area contributed by atoms with Gasteiger partial charge in [-0.15, -0.1) is 0 Å².